The summed E-state index contributed by atoms with van der Waals surface area (Å²) in [6, 6.07) is 9.07. The fourth-order valence-electron chi connectivity index (χ4n) is 2.20. The Labute approximate surface area is 122 Å². The predicted molar refractivity (Wildman–Crippen MR) is 78.1 cm³/mol. The minimum Gasteiger partial charge on any atom is -0.306 e. The molecule has 1 atom stereocenters. The van der Waals surface area contributed by atoms with Crippen LogP contribution in [0.25, 0.3) is 0 Å². The van der Waals surface area contributed by atoms with Crippen molar-refractivity contribution in [3.05, 3.63) is 69.7 Å². The lowest BCUT2D eigenvalue weighted by molar-refractivity contribution is 0.557. The Hall–Kier alpha value is -1.45. The molecule has 4 heteroatoms. The standard InChI is InChI=1S/C16H16ClF2N/c1-3-20-16(11-6-4-5-7-14(11)18)12-8-10(2)15(19)9-13(12)17/h4-9,16,20H,3H2,1-2H3. The number of aryl methyl sites for hydroxylation is 1. The highest BCUT2D eigenvalue weighted by Gasteiger charge is 2.20. The molecule has 0 aromatic heterocycles. The molecule has 1 nitrogen and oxygen atoms in total. The van der Waals surface area contributed by atoms with E-state index in [4.69, 9.17) is 11.6 Å². The van der Waals surface area contributed by atoms with E-state index in [1.165, 1.54) is 12.1 Å². The molecule has 0 aliphatic rings. The van der Waals surface area contributed by atoms with Crippen LogP contribution >= 0.6 is 11.6 Å². The first kappa shape index (κ1) is 14.9. The van der Waals surface area contributed by atoms with E-state index in [1.54, 1.807) is 31.2 Å². The van der Waals surface area contributed by atoms with Gasteiger partial charge in [-0.05, 0) is 42.8 Å². The van der Waals surface area contributed by atoms with Crippen molar-refractivity contribution in [2.24, 2.45) is 0 Å². The second-order valence-corrected chi connectivity index (χ2v) is 5.04. The molecule has 0 spiro atoms. The van der Waals surface area contributed by atoms with Gasteiger partial charge in [0.2, 0.25) is 0 Å². The molecular formula is C16H16ClF2N. The Bertz CT molecular complexity index is 613. The van der Waals surface area contributed by atoms with E-state index in [-0.39, 0.29) is 11.6 Å². The summed E-state index contributed by atoms with van der Waals surface area (Å²) in [6.45, 7) is 4.24. The smallest absolute Gasteiger partial charge is 0.128 e. The van der Waals surface area contributed by atoms with Gasteiger partial charge in [-0.2, -0.15) is 0 Å². The maximum atomic E-state index is 14.0. The van der Waals surface area contributed by atoms with Crippen molar-refractivity contribution < 1.29 is 8.78 Å². The Morgan fingerprint density at radius 2 is 1.80 bits per heavy atom. The first-order valence-electron chi connectivity index (χ1n) is 6.48. The summed E-state index contributed by atoms with van der Waals surface area (Å²) in [5, 5.41) is 3.49. The highest BCUT2D eigenvalue weighted by molar-refractivity contribution is 6.31. The van der Waals surface area contributed by atoms with E-state index >= 15 is 0 Å². The molecule has 2 rings (SSSR count). The van der Waals surface area contributed by atoms with Gasteiger partial charge in [0.15, 0.2) is 0 Å². The maximum absolute atomic E-state index is 14.0. The van der Waals surface area contributed by atoms with Gasteiger partial charge in [0.1, 0.15) is 11.6 Å². The highest BCUT2D eigenvalue weighted by Crippen LogP contribution is 2.31. The number of halogens is 3. The van der Waals surface area contributed by atoms with Gasteiger partial charge in [0.25, 0.3) is 0 Å². The van der Waals surface area contributed by atoms with Crippen LogP contribution in [0.2, 0.25) is 5.02 Å². The summed E-state index contributed by atoms with van der Waals surface area (Å²) in [4.78, 5) is 0. The van der Waals surface area contributed by atoms with E-state index in [1.807, 2.05) is 6.92 Å². The van der Waals surface area contributed by atoms with Crippen LogP contribution in [0.5, 0.6) is 0 Å². The van der Waals surface area contributed by atoms with Crippen molar-refractivity contribution in [3.8, 4) is 0 Å². The Morgan fingerprint density at radius 3 is 2.45 bits per heavy atom. The predicted octanol–water partition coefficient (Wildman–Crippen LogP) is 4.63. The molecular weight excluding hydrogens is 280 g/mol. The van der Waals surface area contributed by atoms with Crippen LogP contribution in [-0.2, 0) is 0 Å². The van der Waals surface area contributed by atoms with Crippen molar-refractivity contribution in [1.82, 2.24) is 5.32 Å². The van der Waals surface area contributed by atoms with E-state index in [0.717, 1.165) is 0 Å². The molecule has 0 aliphatic carbocycles. The van der Waals surface area contributed by atoms with E-state index < -0.39 is 6.04 Å². The zero-order valence-corrected chi connectivity index (χ0v) is 12.1. The topological polar surface area (TPSA) is 12.0 Å². The average Bonchev–Trinajstić information content (AvgIpc) is 2.42. The SMILES string of the molecule is CCNC(c1ccccc1F)c1cc(C)c(F)cc1Cl. The summed E-state index contributed by atoms with van der Waals surface area (Å²) in [5.74, 6) is -0.668. The number of hydrogen-bond acceptors (Lipinski definition) is 1. The lowest BCUT2D eigenvalue weighted by atomic mass is 9.96. The van der Waals surface area contributed by atoms with Crippen molar-refractivity contribution in [1.29, 1.82) is 0 Å². The van der Waals surface area contributed by atoms with Crippen LogP contribution in [0.4, 0.5) is 8.78 Å². The van der Waals surface area contributed by atoms with Crippen LogP contribution in [0.3, 0.4) is 0 Å². The molecule has 20 heavy (non-hydrogen) atoms. The molecule has 0 saturated heterocycles. The normalized spacial score (nSPS) is 12.4. The van der Waals surface area contributed by atoms with Gasteiger partial charge in [-0.3, -0.25) is 0 Å². The van der Waals surface area contributed by atoms with E-state index in [9.17, 15) is 8.78 Å². The molecule has 0 radical (unpaired) electrons. The quantitative estimate of drug-likeness (QED) is 0.867. The van der Waals surface area contributed by atoms with Gasteiger partial charge < -0.3 is 5.32 Å². The minimum absolute atomic E-state index is 0.294. The molecule has 0 aliphatic heterocycles. The van der Waals surface area contributed by atoms with Gasteiger partial charge >= 0.3 is 0 Å². The molecule has 0 heterocycles. The molecule has 0 saturated carbocycles. The lowest BCUT2D eigenvalue weighted by Crippen LogP contribution is -2.23. The molecule has 1 N–H and O–H groups in total. The lowest BCUT2D eigenvalue weighted by Gasteiger charge is -2.21. The summed E-state index contributed by atoms with van der Waals surface area (Å²) in [5.41, 5.74) is 1.67. The zero-order valence-electron chi connectivity index (χ0n) is 11.4. The number of rotatable bonds is 4. The van der Waals surface area contributed by atoms with E-state index in [2.05, 4.69) is 5.32 Å². The Kier molecular flexibility index (Phi) is 4.73. The van der Waals surface area contributed by atoms with Crippen LogP contribution in [0.15, 0.2) is 36.4 Å². The van der Waals surface area contributed by atoms with Crippen LogP contribution in [-0.4, -0.2) is 6.54 Å². The van der Waals surface area contributed by atoms with Gasteiger partial charge in [-0.15, -0.1) is 0 Å². The molecule has 2 aromatic carbocycles. The largest absolute Gasteiger partial charge is 0.306 e. The molecule has 0 amide bonds. The summed E-state index contributed by atoms with van der Waals surface area (Å²) < 4.78 is 27.5. The Balaban J connectivity index is 2.54. The van der Waals surface area contributed by atoms with Crippen LogP contribution in [0, 0.1) is 18.6 Å². The molecule has 0 bridgehead atoms. The molecule has 2 aromatic rings. The first-order chi connectivity index (χ1) is 9.54. The van der Waals surface area contributed by atoms with Crippen LogP contribution in [0.1, 0.15) is 29.7 Å². The van der Waals surface area contributed by atoms with E-state index in [0.29, 0.717) is 28.3 Å². The van der Waals surface area contributed by atoms with Gasteiger partial charge in [-0.1, -0.05) is 36.7 Å². The second kappa shape index (κ2) is 6.33. The van der Waals surface area contributed by atoms with Crippen molar-refractivity contribution >= 4 is 11.6 Å². The first-order valence-corrected chi connectivity index (χ1v) is 6.85. The highest BCUT2D eigenvalue weighted by atomic mass is 35.5. The summed E-state index contributed by atoms with van der Waals surface area (Å²) in [6.07, 6.45) is 0. The van der Waals surface area contributed by atoms with Crippen molar-refractivity contribution in [3.63, 3.8) is 0 Å². The second-order valence-electron chi connectivity index (χ2n) is 4.64. The third-order valence-electron chi connectivity index (χ3n) is 3.21. The molecule has 106 valence electrons. The average molecular weight is 296 g/mol. The fraction of sp³-hybridized carbons (Fsp3) is 0.250. The Morgan fingerprint density at radius 1 is 1.10 bits per heavy atom. The zero-order chi connectivity index (χ0) is 14.7. The summed E-state index contributed by atoms with van der Waals surface area (Å²) in [7, 11) is 0. The van der Waals surface area contributed by atoms with Gasteiger partial charge in [-0.25, -0.2) is 8.78 Å². The number of nitrogens with one attached hydrogen (secondary N) is 1. The third-order valence-corrected chi connectivity index (χ3v) is 3.54. The molecule has 0 fully saturated rings. The summed E-state index contributed by atoms with van der Waals surface area (Å²) >= 11 is 6.13. The monoisotopic (exact) mass is 295 g/mol. The molecule has 1 unspecified atom stereocenters. The number of hydrogen-bond donors (Lipinski definition) is 1. The van der Waals surface area contributed by atoms with Gasteiger partial charge in [0.05, 0.1) is 6.04 Å². The third kappa shape index (κ3) is 3.00. The van der Waals surface area contributed by atoms with Crippen molar-refractivity contribution in [2.45, 2.75) is 19.9 Å². The van der Waals surface area contributed by atoms with Crippen molar-refractivity contribution in [2.75, 3.05) is 6.54 Å². The number of benzene rings is 2. The van der Waals surface area contributed by atoms with Gasteiger partial charge in [0, 0.05) is 10.6 Å². The minimum atomic E-state index is -0.395. The fourth-order valence-corrected chi connectivity index (χ4v) is 2.46. The maximum Gasteiger partial charge on any atom is 0.128 e. The van der Waals surface area contributed by atoms with Crippen LogP contribution < -0.4 is 5.32 Å².